The zero-order valence-corrected chi connectivity index (χ0v) is 10.7. The third-order valence-corrected chi connectivity index (χ3v) is 2.87. The molecule has 0 aliphatic heterocycles. The molecule has 94 valence electrons. The predicted molar refractivity (Wildman–Crippen MR) is 75.9 cm³/mol. The Hall–Kier alpha value is -2.16. The normalized spacial score (nSPS) is 10.1. The van der Waals surface area contributed by atoms with Gasteiger partial charge in [0.05, 0.1) is 7.11 Å². The van der Waals surface area contributed by atoms with E-state index in [1.165, 1.54) is 5.56 Å². The molecular formula is C15H18N2O. The van der Waals surface area contributed by atoms with Gasteiger partial charge in [-0.05, 0) is 42.8 Å². The summed E-state index contributed by atoms with van der Waals surface area (Å²) in [5.74, 6) is 0.857. The van der Waals surface area contributed by atoms with E-state index in [1.807, 2.05) is 36.4 Å². The monoisotopic (exact) mass is 242 g/mol. The Balaban J connectivity index is 2.04. The van der Waals surface area contributed by atoms with Crippen molar-refractivity contribution >= 4 is 11.4 Å². The largest absolute Gasteiger partial charge is 0.497 e. The average Bonchev–Trinajstić information content (AvgIpc) is 2.40. The van der Waals surface area contributed by atoms with E-state index in [-0.39, 0.29) is 0 Å². The summed E-state index contributed by atoms with van der Waals surface area (Å²) >= 11 is 0. The number of nitrogens with one attached hydrogen (secondary N) is 1. The number of rotatable bonds is 4. The van der Waals surface area contributed by atoms with E-state index >= 15 is 0 Å². The lowest BCUT2D eigenvalue weighted by molar-refractivity contribution is 0.415. The lowest BCUT2D eigenvalue weighted by Crippen LogP contribution is -2.03. The van der Waals surface area contributed by atoms with Gasteiger partial charge >= 0.3 is 0 Å². The minimum atomic E-state index is 0.722. The van der Waals surface area contributed by atoms with E-state index in [0.29, 0.717) is 0 Å². The molecule has 2 aromatic rings. The number of ether oxygens (including phenoxy) is 1. The molecule has 2 aromatic carbocycles. The summed E-state index contributed by atoms with van der Waals surface area (Å²) in [5, 5.41) is 3.34. The quantitative estimate of drug-likeness (QED) is 0.809. The molecule has 0 saturated heterocycles. The lowest BCUT2D eigenvalue weighted by atomic mass is 10.1. The van der Waals surface area contributed by atoms with Crippen molar-refractivity contribution in [1.29, 1.82) is 0 Å². The number of nitrogen functional groups attached to an aromatic ring is 1. The highest BCUT2D eigenvalue weighted by atomic mass is 16.5. The van der Waals surface area contributed by atoms with Gasteiger partial charge in [-0.25, -0.2) is 0 Å². The number of aryl methyl sites for hydroxylation is 1. The van der Waals surface area contributed by atoms with Gasteiger partial charge in [-0.3, -0.25) is 0 Å². The molecule has 3 heteroatoms. The van der Waals surface area contributed by atoms with Crippen LogP contribution in [0.2, 0.25) is 0 Å². The maximum atomic E-state index is 5.94. The van der Waals surface area contributed by atoms with Crippen LogP contribution in [0.15, 0.2) is 42.5 Å². The Kier molecular flexibility index (Phi) is 3.72. The van der Waals surface area contributed by atoms with Crippen molar-refractivity contribution in [3.8, 4) is 5.75 Å². The van der Waals surface area contributed by atoms with Crippen LogP contribution in [0.4, 0.5) is 11.4 Å². The van der Waals surface area contributed by atoms with Crippen LogP contribution in [0.1, 0.15) is 11.1 Å². The number of hydrogen-bond acceptors (Lipinski definition) is 3. The molecule has 3 nitrogen and oxygen atoms in total. The van der Waals surface area contributed by atoms with Crippen LogP contribution < -0.4 is 15.8 Å². The molecular weight excluding hydrogens is 224 g/mol. The number of benzene rings is 2. The van der Waals surface area contributed by atoms with Crippen LogP contribution in [0.3, 0.4) is 0 Å². The molecule has 0 fully saturated rings. The van der Waals surface area contributed by atoms with Crippen LogP contribution in [0, 0.1) is 6.92 Å². The highest BCUT2D eigenvalue weighted by Crippen LogP contribution is 2.18. The molecule has 0 atom stereocenters. The number of methoxy groups -OCH3 is 1. The summed E-state index contributed by atoms with van der Waals surface area (Å²) < 4.78 is 5.12. The minimum Gasteiger partial charge on any atom is -0.497 e. The summed E-state index contributed by atoms with van der Waals surface area (Å²) in [6.45, 7) is 2.79. The SMILES string of the molecule is COc1ccc(NCc2cc(C)ccc2N)cc1. The van der Waals surface area contributed by atoms with Crippen molar-refractivity contribution in [3.63, 3.8) is 0 Å². The van der Waals surface area contributed by atoms with Crippen LogP contribution in [-0.2, 0) is 6.54 Å². The van der Waals surface area contributed by atoms with E-state index < -0.39 is 0 Å². The average molecular weight is 242 g/mol. The van der Waals surface area contributed by atoms with Gasteiger partial charge < -0.3 is 15.8 Å². The molecule has 0 heterocycles. The molecule has 0 amide bonds. The Morgan fingerprint density at radius 1 is 1.11 bits per heavy atom. The zero-order chi connectivity index (χ0) is 13.0. The Morgan fingerprint density at radius 3 is 2.50 bits per heavy atom. The summed E-state index contributed by atoms with van der Waals surface area (Å²) in [5.41, 5.74) is 10.1. The first-order chi connectivity index (χ1) is 8.69. The van der Waals surface area contributed by atoms with E-state index in [4.69, 9.17) is 10.5 Å². The minimum absolute atomic E-state index is 0.722. The fourth-order valence-corrected chi connectivity index (χ4v) is 1.79. The maximum absolute atomic E-state index is 5.94. The van der Waals surface area contributed by atoms with Crippen molar-refractivity contribution in [2.45, 2.75) is 13.5 Å². The lowest BCUT2D eigenvalue weighted by Gasteiger charge is -2.10. The highest BCUT2D eigenvalue weighted by Gasteiger charge is 2.00. The molecule has 0 aromatic heterocycles. The Bertz CT molecular complexity index is 521. The smallest absolute Gasteiger partial charge is 0.119 e. The molecule has 0 radical (unpaired) electrons. The molecule has 0 bridgehead atoms. The number of nitrogens with two attached hydrogens (primary N) is 1. The van der Waals surface area contributed by atoms with E-state index in [9.17, 15) is 0 Å². The van der Waals surface area contributed by atoms with Gasteiger partial charge in [0, 0.05) is 17.9 Å². The molecule has 0 spiro atoms. The topological polar surface area (TPSA) is 47.3 Å². The summed E-state index contributed by atoms with van der Waals surface area (Å²) in [6.07, 6.45) is 0. The second-order valence-corrected chi connectivity index (χ2v) is 4.28. The standard InChI is InChI=1S/C15H18N2O/c1-11-3-8-15(16)12(9-11)10-17-13-4-6-14(18-2)7-5-13/h3-9,17H,10,16H2,1-2H3. The van der Waals surface area contributed by atoms with Crippen LogP contribution >= 0.6 is 0 Å². The fraction of sp³-hybridized carbons (Fsp3) is 0.200. The maximum Gasteiger partial charge on any atom is 0.119 e. The van der Waals surface area contributed by atoms with Gasteiger partial charge in [-0.2, -0.15) is 0 Å². The van der Waals surface area contributed by atoms with E-state index in [1.54, 1.807) is 7.11 Å². The van der Waals surface area contributed by atoms with Gasteiger partial charge in [0.15, 0.2) is 0 Å². The highest BCUT2D eigenvalue weighted by molar-refractivity contribution is 5.52. The first kappa shape index (κ1) is 12.3. The fourth-order valence-electron chi connectivity index (χ4n) is 1.79. The summed E-state index contributed by atoms with van der Waals surface area (Å²) in [7, 11) is 1.66. The molecule has 0 unspecified atom stereocenters. The first-order valence-corrected chi connectivity index (χ1v) is 5.92. The van der Waals surface area contributed by atoms with E-state index in [0.717, 1.165) is 29.2 Å². The first-order valence-electron chi connectivity index (χ1n) is 5.92. The second-order valence-electron chi connectivity index (χ2n) is 4.28. The second kappa shape index (κ2) is 5.45. The van der Waals surface area contributed by atoms with Crippen LogP contribution in [-0.4, -0.2) is 7.11 Å². The third-order valence-electron chi connectivity index (χ3n) is 2.87. The van der Waals surface area contributed by atoms with Crippen molar-refractivity contribution in [3.05, 3.63) is 53.6 Å². The Morgan fingerprint density at radius 2 is 1.83 bits per heavy atom. The molecule has 2 rings (SSSR count). The van der Waals surface area contributed by atoms with Crippen LogP contribution in [0.25, 0.3) is 0 Å². The van der Waals surface area contributed by atoms with Gasteiger partial charge in [0.25, 0.3) is 0 Å². The third kappa shape index (κ3) is 2.94. The van der Waals surface area contributed by atoms with Crippen molar-refractivity contribution < 1.29 is 4.74 Å². The predicted octanol–water partition coefficient (Wildman–Crippen LogP) is 3.20. The van der Waals surface area contributed by atoms with Crippen molar-refractivity contribution in [2.75, 3.05) is 18.2 Å². The van der Waals surface area contributed by atoms with Gasteiger partial charge in [-0.15, -0.1) is 0 Å². The van der Waals surface area contributed by atoms with Crippen molar-refractivity contribution in [1.82, 2.24) is 0 Å². The molecule has 0 aliphatic carbocycles. The Labute approximate surface area is 108 Å². The molecule has 18 heavy (non-hydrogen) atoms. The molecule has 0 saturated carbocycles. The molecule has 3 N–H and O–H groups in total. The zero-order valence-electron chi connectivity index (χ0n) is 10.7. The summed E-state index contributed by atoms with van der Waals surface area (Å²) in [4.78, 5) is 0. The van der Waals surface area contributed by atoms with Gasteiger partial charge in [0.1, 0.15) is 5.75 Å². The molecule has 0 aliphatic rings. The van der Waals surface area contributed by atoms with Crippen LogP contribution in [0.5, 0.6) is 5.75 Å². The number of anilines is 2. The van der Waals surface area contributed by atoms with E-state index in [2.05, 4.69) is 18.3 Å². The van der Waals surface area contributed by atoms with Crippen molar-refractivity contribution in [2.24, 2.45) is 0 Å². The number of hydrogen-bond donors (Lipinski definition) is 2. The van der Waals surface area contributed by atoms with Gasteiger partial charge in [0.2, 0.25) is 0 Å². The van der Waals surface area contributed by atoms with Gasteiger partial charge in [-0.1, -0.05) is 17.7 Å². The summed E-state index contributed by atoms with van der Waals surface area (Å²) in [6, 6.07) is 13.9.